The monoisotopic (exact) mass is 218 g/mol. The van der Waals surface area contributed by atoms with Gasteiger partial charge >= 0.3 is 12.3 Å². The third-order valence-corrected chi connectivity index (χ3v) is 0.519. The lowest BCUT2D eigenvalue weighted by Gasteiger charge is -1.97. The lowest BCUT2D eigenvalue weighted by atomic mass is 10.6. The van der Waals surface area contributed by atoms with Crippen molar-refractivity contribution in [3.8, 4) is 0 Å². The minimum atomic E-state index is -4.46. The van der Waals surface area contributed by atoms with E-state index < -0.39 is 6.36 Å². The minimum Gasteiger partial charge on any atom is -0.469 e. The highest BCUT2D eigenvalue weighted by atomic mass is 19.4. The molecule has 0 bridgehead atoms. The molecule has 0 atom stereocenters. The largest absolute Gasteiger partial charge is 0.522 e. The summed E-state index contributed by atoms with van der Waals surface area (Å²) in [5, 5.41) is 0. The summed E-state index contributed by atoms with van der Waals surface area (Å²) < 4.78 is 38.7. The SMILES string of the molecule is CCC.COC(C)=O.COC(F)(F)F. The molecule has 0 heterocycles. The second-order valence-corrected chi connectivity index (χ2v) is 2.05. The average molecular weight is 218 g/mol. The van der Waals surface area contributed by atoms with Crippen LogP contribution in [0.3, 0.4) is 0 Å². The van der Waals surface area contributed by atoms with Gasteiger partial charge in [-0.15, -0.1) is 13.2 Å². The molecule has 0 unspecified atom stereocenters. The number of esters is 1. The molecular formula is C8H17F3O3. The van der Waals surface area contributed by atoms with Crippen LogP contribution in [0.2, 0.25) is 0 Å². The standard InChI is InChI=1S/C3H6O2.C3H8.C2H3F3O/c1-3(4)5-2;1-3-2;1-6-2(3,4)5/h1-2H3;3H2,1-2H3;1H3. The molecule has 0 rings (SSSR count). The zero-order chi connectivity index (χ0) is 12.2. The summed E-state index contributed by atoms with van der Waals surface area (Å²) >= 11 is 0. The maximum atomic E-state index is 10.6. The first-order valence-corrected chi connectivity index (χ1v) is 3.91. The minimum absolute atomic E-state index is 0.245. The van der Waals surface area contributed by atoms with E-state index in [0.717, 1.165) is 0 Å². The van der Waals surface area contributed by atoms with E-state index in [4.69, 9.17) is 0 Å². The molecule has 0 N–H and O–H groups in total. The van der Waals surface area contributed by atoms with E-state index in [1.807, 2.05) is 0 Å². The van der Waals surface area contributed by atoms with Gasteiger partial charge in [-0.3, -0.25) is 9.53 Å². The summed E-state index contributed by atoms with van der Waals surface area (Å²) in [6.45, 7) is 5.61. The number of hydrogen-bond acceptors (Lipinski definition) is 3. The molecule has 0 aromatic heterocycles. The molecule has 88 valence electrons. The van der Waals surface area contributed by atoms with Crippen molar-refractivity contribution in [3.63, 3.8) is 0 Å². The van der Waals surface area contributed by atoms with Crippen LogP contribution in [-0.2, 0) is 14.3 Å². The Hall–Kier alpha value is -0.780. The number of methoxy groups -OCH3 is 2. The molecule has 0 aliphatic heterocycles. The number of carbonyl (C=O) groups is 1. The highest BCUT2D eigenvalue weighted by Crippen LogP contribution is 2.13. The van der Waals surface area contributed by atoms with E-state index in [-0.39, 0.29) is 5.97 Å². The van der Waals surface area contributed by atoms with Gasteiger partial charge in [0.2, 0.25) is 0 Å². The summed E-state index contributed by atoms with van der Waals surface area (Å²) in [6.07, 6.45) is -3.21. The zero-order valence-corrected chi connectivity index (χ0v) is 9.07. The van der Waals surface area contributed by atoms with Crippen LogP contribution < -0.4 is 0 Å². The van der Waals surface area contributed by atoms with Crippen LogP contribution >= 0.6 is 0 Å². The summed E-state index contributed by atoms with van der Waals surface area (Å²) in [5.74, 6) is -0.245. The quantitative estimate of drug-likeness (QED) is 0.586. The molecular weight excluding hydrogens is 201 g/mol. The van der Waals surface area contributed by atoms with Crippen molar-refractivity contribution in [1.29, 1.82) is 0 Å². The fraction of sp³-hybridized carbons (Fsp3) is 0.875. The summed E-state index contributed by atoms with van der Waals surface area (Å²) in [7, 11) is 1.93. The van der Waals surface area contributed by atoms with Crippen LogP contribution in [0.1, 0.15) is 27.2 Å². The van der Waals surface area contributed by atoms with E-state index in [1.165, 1.54) is 20.5 Å². The Morgan fingerprint density at radius 1 is 1.21 bits per heavy atom. The molecule has 3 nitrogen and oxygen atoms in total. The number of alkyl halides is 3. The van der Waals surface area contributed by atoms with Crippen molar-refractivity contribution in [2.75, 3.05) is 14.2 Å². The summed E-state index contributed by atoms with van der Waals surface area (Å²) in [5.41, 5.74) is 0. The van der Waals surface area contributed by atoms with E-state index in [0.29, 0.717) is 7.11 Å². The van der Waals surface area contributed by atoms with E-state index in [1.54, 1.807) is 0 Å². The van der Waals surface area contributed by atoms with Crippen molar-refractivity contribution >= 4 is 5.97 Å². The Morgan fingerprint density at radius 2 is 1.36 bits per heavy atom. The molecule has 0 saturated carbocycles. The van der Waals surface area contributed by atoms with Crippen LogP contribution in [0.15, 0.2) is 0 Å². The molecule has 0 spiro atoms. The Bertz CT molecular complexity index is 123. The first-order valence-electron chi connectivity index (χ1n) is 3.91. The predicted octanol–water partition coefficient (Wildman–Crippen LogP) is 2.75. The molecule has 0 amide bonds. The highest BCUT2D eigenvalue weighted by Gasteiger charge is 2.25. The smallest absolute Gasteiger partial charge is 0.469 e. The molecule has 0 aromatic carbocycles. The van der Waals surface area contributed by atoms with Gasteiger partial charge in [-0.2, -0.15) is 0 Å². The van der Waals surface area contributed by atoms with Crippen molar-refractivity contribution in [2.45, 2.75) is 33.6 Å². The second-order valence-electron chi connectivity index (χ2n) is 2.05. The Balaban J connectivity index is -0.000000138. The summed E-state index contributed by atoms with van der Waals surface area (Å²) in [4.78, 5) is 9.59. The van der Waals surface area contributed by atoms with Gasteiger partial charge in [0.15, 0.2) is 0 Å². The number of hydrogen-bond donors (Lipinski definition) is 0. The molecule has 14 heavy (non-hydrogen) atoms. The van der Waals surface area contributed by atoms with Crippen molar-refractivity contribution in [1.82, 2.24) is 0 Å². The molecule has 6 heteroatoms. The lowest BCUT2D eigenvalue weighted by molar-refractivity contribution is -0.311. The van der Waals surface area contributed by atoms with E-state index in [9.17, 15) is 18.0 Å². The first-order chi connectivity index (χ1) is 6.24. The first kappa shape index (κ1) is 18.9. The zero-order valence-electron chi connectivity index (χ0n) is 9.07. The van der Waals surface area contributed by atoms with E-state index >= 15 is 0 Å². The number of carbonyl (C=O) groups excluding carboxylic acids is 1. The third kappa shape index (κ3) is 65.8. The molecule has 0 aliphatic rings. The van der Waals surface area contributed by atoms with Gasteiger partial charge in [-0.1, -0.05) is 20.3 Å². The van der Waals surface area contributed by atoms with Gasteiger partial charge in [0, 0.05) is 14.0 Å². The maximum absolute atomic E-state index is 10.6. The lowest BCUT2D eigenvalue weighted by Crippen LogP contribution is -2.08. The molecule has 0 aromatic rings. The van der Waals surface area contributed by atoms with E-state index in [2.05, 4.69) is 23.3 Å². The Morgan fingerprint density at radius 3 is 1.36 bits per heavy atom. The van der Waals surface area contributed by atoms with Crippen LogP contribution in [0, 0.1) is 0 Å². The Labute approximate surface area is 82.2 Å². The van der Waals surface area contributed by atoms with Crippen LogP contribution in [0.4, 0.5) is 13.2 Å². The van der Waals surface area contributed by atoms with Gasteiger partial charge in [0.05, 0.1) is 7.11 Å². The maximum Gasteiger partial charge on any atom is 0.522 e. The number of ether oxygens (including phenoxy) is 2. The van der Waals surface area contributed by atoms with Gasteiger partial charge in [-0.25, -0.2) is 0 Å². The van der Waals surface area contributed by atoms with Gasteiger partial charge in [0.1, 0.15) is 0 Å². The predicted molar refractivity (Wildman–Crippen MR) is 46.7 cm³/mol. The molecule has 0 saturated heterocycles. The van der Waals surface area contributed by atoms with Gasteiger partial charge < -0.3 is 4.74 Å². The van der Waals surface area contributed by atoms with Crippen molar-refractivity contribution in [2.24, 2.45) is 0 Å². The van der Waals surface area contributed by atoms with Crippen LogP contribution in [-0.4, -0.2) is 26.6 Å². The van der Waals surface area contributed by atoms with Crippen molar-refractivity contribution in [3.05, 3.63) is 0 Å². The third-order valence-electron chi connectivity index (χ3n) is 0.519. The normalized spacial score (nSPS) is 8.86. The number of rotatable bonds is 0. The van der Waals surface area contributed by atoms with Gasteiger partial charge in [0.25, 0.3) is 0 Å². The van der Waals surface area contributed by atoms with Crippen LogP contribution in [0.25, 0.3) is 0 Å². The van der Waals surface area contributed by atoms with Crippen molar-refractivity contribution < 1.29 is 27.4 Å². The van der Waals surface area contributed by atoms with Crippen LogP contribution in [0.5, 0.6) is 0 Å². The number of halogens is 3. The average Bonchev–Trinajstić information content (AvgIpc) is 2.06. The Kier molecular flexibility index (Phi) is 16.5. The molecule has 0 aliphatic carbocycles. The topological polar surface area (TPSA) is 35.5 Å². The highest BCUT2D eigenvalue weighted by molar-refractivity contribution is 5.65. The fourth-order valence-corrected chi connectivity index (χ4v) is 0. The molecule has 0 radical (unpaired) electrons. The summed E-state index contributed by atoms with van der Waals surface area (Å²) in [6, 6.07) is 0. The molecule has 0 fully saturated rings. The van der Waals surface area contributed by atoms with Gasteiger partial charge in [-0.05, 0) is 0 Å². The second kappa shape index (κ2) is 12.2. The fourth-order valence-electron chi connectivity index (χ4n) is 0.